The lowest BCUT2D eigenvalue weighted by atomic mass is 10.1. The molecule has 0 atom stereocenters. The van der Waals surface area contributed by atoms with Gasteiger partial charge >= 0.3 is 0 Å². The minimum atomic E-state index is 0. The first kappa shape index (κ1) is 24.2. The molecule has 0 saturated carbocycles. The highest BCUT2D eigenvalue weighted by Gasteiger charge is 2.06. The number of aryl methyl sites for hydroxylation is 1. The molecular weight excluding hydrogens is 463 g/mol. The van der Waals surface area contributed by atoms with E-state index in [-0.39, 0.29) is 24.0 Å². The van der Waals surface area contributed by atoms with Crippen LogP contribution in [0.15, 0.2) is 47.5 Å². The fourth-order valence-electron chi connectivity index (χ4n) is 2.89. The van der Waals surface area contributed by atoms with Gasteiger partial charge in [-0.25, -0.2) is 4.99 Å². The van der Waals surface area contributed by atoms with E-state index in [1.807, 2.05) is 6.07 Å². The largest absolute Gasteiger partial charge is 0.496 e. The molecule has 28 heavy (non-hydrogen) atoms. The molecule has 0 bridgehead atoms. The molecule has 6 heteroatoms. The SMILES string of the molecule is CCNC(=NCc1ccc(C)cc1OC)NCc1ccccc1CN(C)C.I. The molecule has 0 unspecified atom stereocenters. The number of rotatable bonds is 8. The zero-order valence-electron chi connectivity index (χ0n) is 17.6. The first-order valence-electron chi connectivity index (χ1n) is 9.40. The summed E-state index contributed by atoms with van der Waals surface area (Å²) in [5.41, 5.74) is 4.87. The third-order valence-corrected chi connectivity index (χ3v) is 4.25. The van der Waals surface area contributed by atoms with Crippen LogP contribution in [0, 0.1) is 6.92 Å². The summed E-state index contributed by atoms with van der Waals surface area (Å²) in [6.07, 6.45) is 0. The molecule has 0 heterocycles. The van der Waals surface area contributed by atoms with Crippen LogP contribution in [-0.2, 0) is 19.6 Å². The van der Waals surface area contributed by atoms with E-state index >= 15 is 0 Å². The van der Waals surface area contributed by atoms with Gasteiger partial charge in [-0.2, -0.15) is 0 Å². The van der Waals surface area contributed by atoms with Gasteiger partial charge in [-0.1, -0.05) is 36.4 Å². The minimum Gasteiger partial charge on any atom is -0.496 e. The van der Waals surface area contributed by atoms with E-state index in [1.54, 1.807) is 7.11 Å². The highest BCUT2D eigenvalue weighted by atomic mass is 127. The standard InChI is InChI=1S/C22H32N4O.HI/c1-6-23-22(25-15-19-12-11-17(2)13-21(19)27-5)24-14-18-9-7-8-10-20(18)16-26(3)4;/h7-13H,6,14-16H2,1-5H3,(H2,23,24,25);1H. The van der Waals surface area contributed by atoms with Gasteiger partial charge in [0.2, 0.25) is 0 Å². The van der Waals surface area contributed by atoms with Crippen molar-refractivity contribution in [2.24, 2.45) is 4.99 Å². The Labute approximate surface area is 186 Å². The van der Waals surface area contributed by atoms with Gasteiger partial charge in [0.1, 0.15) is 5.75 Å². The Bertz CT molecular complexity index is 762. The predicted molar refractivity (Wildman–Crippen MR) is 129 cm³/mol. The van der Waals surface area contributed by atoms with Gasteiger partial charge in [0.25, 0.3) is 0 Å². The second-order valence-corrected chi connectivity index (χ2v) is 6.87. The maximum absolute atomic E-state index is 5.49. The van der Waals surface area contributed by atoms with Gasteiger partial charge in [-0.15, -0.1) is 24.0 Å². The van der Waals surface area contributed by atoms with Gasteiger partial charge < -0.3 is 20.3 Å². The van der Waals surface area contributed by atoms with Gasteiger partial charge in [-0.3, -0.25) is 0 Å². The molecule has 0 aliphatic heterocycles. The zero-order chi connectivity index (χ0) is 19.6. The van der Waals surface area contributed by atoms with Crippen molar-refractivity contribution in [3.8, 4) is 5.75 Å². The van der Waals surface area contributed by atoms with Crippen molar-refractivity contribution in [3.05, 3.63) is 64.7 Å². The smallest absolute Gasteiger partial charge is 0.191 e. The number of hydrogen-bond donors (Lipinski definition) is 2. The van der Waals surface area contributed by atoms with Gasteiger partial charge in [0, 0.05) is 25.2 Å². The number of hydrogen-bond acceptors (Lipinski definition) is 3. The Morgan fingerprint density at radius 2 is 1.75 bits per heavy atom. The first-order chi connectivity index (χ1) is 13.0. The lowest BCUT2D eigenvalue weighted by Gasteiger charge is -2.16. The molecule has 0 amide bonds. The lowest BCUT2D eigenvalue weighted by molar-refractivity contribution is 0.400. The van der Waals surface area contributed by atoms with E-state index in [9.17, 15) is 0 Å². The van der Waals surface area contributed by atoms with Crippen molar-refractivity contribution in [2.75, 3.05) is 27.7 Å². The first-order valence-corrected chi connectivity index (χ1v) is 9.40. The lowest BCUT2D eigenvalue weighted by Crippen LogP contribution is -2.37. The second-order valence-electron chi connectivity index (χ2n) is 6.87. The number of aliphatic imine (C=N–C) groups is 1. The van der Waals surface area contributed by atoms with Crippen LogP contribution in [0.3, 0.4) is 0 Å². The summed E-state index contributed by atoms with van der Waals surface area (Å²) in [6, 6.07) is 14.7. The van der Waals surface area contributed by atoms with Crippen LogP contribution >= 0.6 is 24.0 Å². The van der Waals surface area contributed by atoms with Crippen LogP contribution in [0.5, 0.6) is 5.75 Å². The molecule has 2 rings (SSSR count). The average Bonchev–Trinajstić information content (AvgIpc) is 2.65. The maximum atomic E-state index is 5.49. The van der Waals surface area contributed by atoms with E-state index in [2.05, 4.69) is 79.9 Å². The number of nitrogens with zero attached hydrogens (tertiary/aromatic N) is 2. The molecule has 154 valence electrons. The Hall–Kier alpha value is -1.80. The molecule has 0 radical (unpaired) electrons. The van der Waals surface area contributed by atoms with Crippen LogP contribution in [0.2, 0.25) is 0 Å². The van der Waals surface area contributed by atoms with Gasteiger partial charge in [0.15, 0.2) is 5.96 Å². The Kier molecular flexibility index (Phi) is 10.9. The van der Waals surface area contributed by atoms with E-state index in [4.69, 9.17) is 9.73 Å². The molecule has 0 aliphatic carbocycles. The normalized spacial score (nSPS) is 11.1. The van der Waals surface area contributed by atoms with Crippen molar-refractivity contribution in [3.63, 3.8) is 0 Å². The summed E-state index contributed by atoms with van der Waals surface area (Å²) in [6.45, 7) is 7.18. The fraction of sp³-hybridized carbons (Fsp3) is 0.409. The molecule has 0 aromatic heterocycles. The third kappa shape index (κ3) is 7.67. The number of ether oxygens (including phenoxy) is 1. The summed E-state index contributed by atoms with van der Waals surface area (Å²) < 4.78 is 5.49. The fourth-order valence-corrected chi connectivity index (χ4v) is 2.89. The van der Waals surface area contributed by atoms with Crippen molar-refractivity contribution in [1.29, 1.82) is 0 Å². The third-order valence-electron chi connectivity index (χ3n) is 4.25. The molecule has 0 saturated heterocycles. The topological polar surface area (TPSA) is 48.9 Å². The molecule has 2 aromatic rings. The van der Waals surface area contributed by atoms with Crippen LogP contribution in [0.25, 0.3) is 0 Å². The molecule has 5 nitrogen and oxygen atoms in total. The summed E-state index contributed by atoms with van der Waals surface area (Å²) in [5, 5.41) is 6.77. The van der Waals surface area contributed by atoms with E-state index in [1.165, 1.54) is 16.7 Å². The van der Waals surface area contributed by atoms with Gasteiger partial charge in [0.05, 0.1) is 13.7 Å². The summed E-state index contributed by atoms with van der Waals surface area (Å²) in [4.78, 5) is 6.91. The van der Waals surface area contributed by atoms with Crippen LogP contribution in [-0.4, -0.2) is 38.6 Å². The van der Waals surface area contributed by atoms with Crippen LogP contribution < -0.4 is 15.4 Å². The number of guanidine groups is 1. The molecule has 0 spiro atoms. The number of benzene rings is 2. The van der Waals surface area contributed by atoms with Crippen LogP contribution in [0.1, 0.15) is 29.2 Å². The van der Waals surface area contributed by atoms with Crippen molar-refractivity contribution in [2.45, 2.75) is 33.5 Å². The summed E-state index contributed by atoms with van der Waals surface area (Å²) in [5.74, 6) is 1.69. The van der Waals surface area contributed by atoms with E-state index < -0.39 is 0 Å². The molecule has 2 N–H and O–H groups in total. The second kappa shape index (κ2) is 12.6. The van der Waals surface area contributed by atoms with Crippen LogP contribution in [0.4, 0.5) is 0 Å². The maximum Gasteiger partial charge on any atom is 0.191 e. The molecule has 0 fully saturated rings. The zero-order valence-corrected chi connectivity index (χ0v) is 19.9. The van der Waals surface area contributed by atoms with E-state index in [0.29, 0.717) is 6.54 Å². The van der Waals surface area contributed by atoms with Crippen molar-refractivity contribution < 1.29 is 4.74 Å². The summed E-state index contributed by atoms with van der Waals surface area (Å²) >= 11 is 0. The molecular formula is C22H33IN4O. The summed E-state index contributed by atoms with van der Waals surface area (Å²) in [7, 11) is 5.88. The predicted octanol–water partition coefficient (Wildman–Crippen LogP) is 3.94. The number of halogens is 1. The Morgan fingerprint density at radius 3 is 2.39 bits per heavy atom. The van der Waals surface area contributed by atoms with Crippen molar-refractivity contribution >= 4 is 29.9 Å². The molecule has 2 aromatic carbocycles. The Morgan fingerprint density at radius 1 is 1.04 bits per heavy atom. The van der Waals surface area contributed by atoms with E-state index in [0.717, 1.165) is 36.9 Å². The number of nitrogens with one attached hydrogen (secondary N) is 2. The minimum absolute atomic E-state index is 0. The molecule has 0 aliphatic rings. The van der Waals surface area contributed by atoms with Gasteiger partial charge in [-0.05, 0) is 50.7 Å². The quantitative estimate of drug-likeness (QED) is 0.330. The highest BCUT2D eigenvalue weighted by Crippen LogP contribution is 2.20. The Balaban J connectivity index is 0.00000392. The number of methoxy groups -OCH3 is 1. The highest BCUT2D eigenvalue weighted by molar-refractivity contribution is 14.0. The monoisotopic (exact) mass is 496 g/mol. The average molecular weight is 496 g/mol. The van der Waals surface area contributed by atoms with Crippen molar-refractivity contribution in [1.82, 2.24) is 15.5 Å².